The maximum Gasteiger partial charge on any atom is 0.0244 e. The molecule has 0 radical (unpaired) electrons. The van der Waals surface area contributed by atoms with Gasteiger partial charge in [0.05, 0.1) is 0 Å². The fourth-order valence-electron chi connectivity index (χ4n) is 3.24. The van der Waals surface area contributed by atoms with E-state index in [1.165, 1.54) is 24.8 Å². The molecule has 0 bridgehead atoms. The third-order valence-electron chi connectivity index (χ3n) is 4.71. The smallest absolute Gasteiger partial charge is 0.0244 e. The van der Waals surface area contributed by atoms with E-state index in [-0.39, 0.29) is 0 Å². The molecule has 1 heterocycles. The molecule has 0 N–H and O–H groups in total. The summed E-state index contributed by atoms with van der Waals surface area (Å²) in [6, 6.07) is 6.01. The first kappa shape index (κ1) is 13.6. The summed E-state index contributed by atoms with van der Waals surface area (Å²) in [6.07, 6.45) is 3.63. The average Bonchev–Trinajstić information content (AvgIpc) is 2.38. The minimum atomic E-state index is 0.680. The predicted molar refractivity (Wildman–Crippen MR) is 79.0 cm³/mol. The Hall–Kier alpha value is -0.820. The summed E-state index contributed by atoms with van der Waals surface area (Å²) in [4.78, 5) is 2.68. The van der Waals surface area contributed by atoms with Crippen LogP contribution < -0.4 is 0 Å². The van der Waals surface area contributed by atoms with Crippen LogP contribution in [0.1, 0.15) is 56.4 Å². The van der Waals surface area contributed by atoms with E-state index in [4.69, 9.17) is 0 Å². The topological polar surface area (TPSA) is 3.24 Å². The Labute approximate surface area is 112 Å². The van der Waals surface area contributed by atoms with Gasteiger partial charge in [0, 0.05) is 18.6 Å². The van der Waals surface area contributed by atoms with Crippen molar-refractivity contribution in [2.75, 3.05) is 0 Å². The van der Waals surface area contributed by atoms with E-state index in [1.807, 2.05) is 0 Å². The van der Waals surface area contributed by atoms with Gasteiger partial charge in [-0.15, -0.1) is 0 Å². The van der Waals surface area contributed by atoms with Crippen LogP contribution in [0.4, 0.5) is 0 Å². The van der Waals surface area contributed by atoms with Crippen LogP contribution >= 0.6 is 0 Å². The summed E-state index contributed by atoms with van der Waals surface area (Å²) in [5, 5.41) is 0. The lowest BCUT2D eigenvalue weighted by Gasteiger charge is -2.40. The maximum absolute atomic E-state index is 2.68. The molecule has 0 saturated carbocycles. The first-order chi connectivity index (χ1) is 8.58. The Morgan fingerprint density at radius 2 is 2.00 bits per heavy atom. The van der Waals surface area contributed by atoms with E-state index in [9.17, 15) is 0 Å². The number of rotatable bonds is 3. The van der Waals surface area contributed by atoms with E-state index in [2.05, 4.69) is 51.7 Å². The predicted octanol–water partition coefficient (Wildman–Crippen LogP) is 4.10. The highest BCUT2D eigenvalue weighted by molar-refractivity contribution is 5.42. The quantitative estimate of drug-likeness (QED) is 0.775. The van der Waals surface area contributed by atoms with Crippen molar-refractivity contribution in [1.29, 1.82) is 0 Å². The Morgan fingerprint density at radius 1 is 1.28 bits per heavy atom. The summed E-state index contributed by atoms with van der Waals surface area (Å²) in [5.41, 5.74) is 6.28. The molecule has 0 amide bonds. The van der Waals surface area contributed by atoms with E-state index in [1.54, 1.807) is 16.7 Å². The number of fused-ring (bicyclic) bond motifs is 1. The molecule has 2 unspecified atom stereocenters. The summed E-state index contributed by atoms with van der Waals surface area (Å²) < 4.78 is 0. The molecule has 1 aliphatic heterocycles. The summed E-state index contributed by atoms with van der Waals surface area (Å²) in [6.45, 7) is 12.7. The van der Waals surface area contributed by atoms with Crippen LogP contribution in [0.2, 0.25) is 0 Å². The van der Waals surface area contributed by atoms with Gasteiger partial charge in [-0.25, -0.2) is 0 Å². The average molecular weight is 245 g/mol. The number of nitrogens with zero attached hydrogens (tertiary/aromatic N) is 1. The lowest BCUT2D eigenvalue weighted by molar-refractivity contribution is 0.127. The Bertz CT molecular complexity index is 422. The van der Waals surface area contributed by atoms with Crippen molar-refractivity contribution in [1.82, 2.24) is 4.90 Å². The van der Waals surface area contributed by atoms with Gasteiger partial charge in [0.1, 0.15) is 0 Å². The fraction of sp³-hybridized carbons (Fsp3) is 0.647. The van der Waals surface area contributed by atoms with Gasteiger partial charge >= 0.3 is 0 Å². The Kier molecular flexibility index (Phi) is 4.11. The molecule has 1 aliphatic rings. The third kappa shape index (κ3) is 2.33. The molecule has 2 atom stereocenters. The number of hydrogen-bond acceptors (Lipinski definition) is 1. The molecule has 0 spiro atoms. The van der Waals surface area contributed by atoms with Crippen molar-refractivity contribution < 1.29 is 0 Å². The van der Waals surface area contributed by atoms with Crippen LogP contribution in [0.25, 0.3) is 0 Å². The zero-order valence-electron chi connectivity index (χ0n) is 12.6. The Balaban J connectivity index is 2.38. The van der Waals surface area contributed by atoms with E-state index >= 15 is 0 Å². The van der Waals surface area contributed by atoms with Crippen molar-refractivity contribution in [3.63, 3.8) is 0 Å². The lowest BCUT2D eigenvalue weighted by Crippen LogP contribution is -2.44. The second-order valence-electron chi connectivity index (χ2n) is 5.83. The van der Waals surface area contributed by atoms with Crippen molar-refractivity contribution in [2.24, 2.45) is 0 Å². The molecule has 2 rings (SSSR count). The van der Waals surface area contributed by atoms with Crippen molar-refractivity contribution in [3.05, 3.63) is 34.4 Å². The van der Waals surface area contributed by atoms with Gasteiger partial charge < -0.3 is 0 Å². The molecule has 0 aromatic heterocycles. The van der Waals surface area contributed by atoms with Crippen molar-refractivity contribution in [2.45, 2.75) is 72.5 Å². The molecule has 18 heavy (non-hydrogen) atoms. The monoisotopic (exact) mass is 245 g/mol. The van der Waals surface area contributed by atoms with Gasteiger partial charge in [-0.05, 0) is 62.3 Å². The third-order valence-corrected chi connectivity index (χ3v) is 4.71. The van der Waals surface area contributed by atoms with Crippen LogP contribution in [0.5, 0.6) is 0 Å². The summed E-state index contributed by atoms with van der Waals surface area (Å²) in [5.74, 6) is 0. The van der Waals surface area contributed by atoms with Gasteiger partial charge in [0.15, 0.2) is 0 Å². The van der Waals surface area contributed by atoms with E-state index < -0.39 is 0 Å². The maximum atomic E-state index is 2.68. The van der Waals surface area contributed by atoms with E-state index in [0.29, 0.717) is 12.1 Å². The normalized spacial score (nSPS) is 21.7. The highest BCUT2D eigenvalue weighted by atomic mass is 15.2. The van der Waals surface area contributed by atoms with Gasteiger partial charge in [-0.2, -0.15) is 0 Å². The molecular formula is C17H27N. The van der Waals surface area contributed by atoms with Crippen LogP contribution in [0.3, 0.4) is 0 Å². The summed E-state index contributed by atoms with van der Waals surface area (Å²) in [7, 11) is 0. The molecule has 1 aromatic rings. The zero-order chi connectivity index (χ0) is 13.3. The zero-order valence-corrected chi connectivity index (χ0v) is 12.6. The minimum Gasteiger partial charge on any atom is -0.293 e. The summed E-state index contributed by atoms with van der Waals surface area (Å²) >= 11 is 0. The molecule has 0 fully saturated rings. The lowest BCUT2D eigenvalue weighted by atomic mass is 9.86. The first-order valence-electron chi connectivity index (χ1n) is 7.44. The number of benzene rings is 1. The molecule has 1 aromatic carbocycles. The largest absolute Gasteiger partial charge is 0.293 e. The molecule has 1 heteroatoms. The SMILES string of the molecule is CCc1ccc(C)c2c1CC(C)N(C(C)CC)C2. The van der Waals surface area contributed by atoms with Gasteiger partial charge in [-0.1, -0.05) is 26.0 Å². The van der Waals surface area contributed by atoms with Gasteiger partial charge in [0.25, 0.3) is 0 Å². The highest BCUT2D eigenvalue weighted by Crippen LogP contribution is 2.30. The molecule has 0 aliphatic carbocycles. The van der Waals surface area contributed by atoms with Crippen LogP contribution in [-0.4, -0.2) is 17.0 Å². The number of hydrogen-bond donors (Lipinski definition) is 0. The van der Waals surface area contributed by atoms with Crippen molar-refractivity contribution in [3.8, 4) is 0 Å². The molecular weight excluding hydrogens is 218 g/mol. The first-order valence-corrected chi connectivity index (χ1v) is 7.44. The standard InChI is InChI=1S/C17H27N/c1-6-13(4)18-11-17-12(3)8-9-15(7-2)16(17)10-14(18)5/h8-9,13-14H,6-7,10-11H2,1-5H3. The molecule has 0 saturated heterocycles. The van der Waals surface area contributed by atoms with Crippen molar-refractivity contribution >= 4 is 0 Å². The van der Waals surface area contributed by atoms with Gasteiger partial charge in [0.2, 0.25) is 0 Å². The van der Waals surface area contributed by atoms with Crippen LogP contribution in [0, 0.1) is 6.92 Å². The van der Waals surface area contributed by atoms with E-state index in [0.717, 1.165) is 6.54 Å². The molecule has 100 valence electrons. The Morgan fingerprint density at radius 3 is 2.61 bits per heavy atom. The highest BCUT2D eigenvalue weighted by Gasteiger charge is 2.27. The molecule has 1 nitrogen and oxygen atoms in total. The van der Waals surface area contributed by atoms with Gasteiger partial charge in [-0.3, -0.25) is 4.90 Å². The minimum absolute atomic E-state index is 0.680. The fourth-order valence-corrected chi connectivity index (χ4v) is 3.24. The van der Waals surface area contributed by atoms with Crippen LogP contribution in [0.15, 0.2) is 12.1 Å². The second kappa shape index (κ2) is 5.44. The van der Waals surface area contributed by atoms with Crippen LogP contribution in [-0.2, 0) is 19.4 Å². The second-order valence-corrected chi connectivity index (χ2v) is 5.83. The number of aryl methyl sites for hydroxylation is 2.